The zero-order chi connectivity index (χ0) is 16.8. The van der Waals surface area contributed by atoms with Crippen LogP contribution in [-0.4, -0.2) is 42.0 Å². The molecule has 2 aliphatic heterocycles. The number of rotatable bonds is 1. The molecule has 0 spiro atoms. The van der Waals surface area contributed by atoms with Crippen LogP contribution in [0.15, 0.2) is 18.2 Å². The second-order valence-electron chi connectivity index (χ2n) is 5.37. The molecule has 1 aromatic rings. The minimum absolute atomic E-state index is 0.0175. The van der Waals surface area contributed by atoms with Gasteiger partial charge in [-0.25, -0.2) is 4.79 Å². The summed E-state index contributed by atoms with van der Waals surface area (Å²) < 4.78 is 43.5. The highest BCUT2D eigenvalue weighted by atomic mass is 35.5. The normalized spacial score (nSPS) is 24.0. The Bertz CT molecular complexity index is 665. The average Bonchev–Trinajstić information content (AvgIpc) is 3.03. The van der Waals surface area contributed by atoms with Gasteiger partial charge in [-0.15, -0.1) is 0 Å². The Kier molecular flexibility index (Phi) is 3.97. The highest BCUT2D eigenvalue weighted by molar-refractivity contribution is 6.33. The number of carbonyl (C=O) groups excluding carboxylic acids is 2. The molecule has 2 aliphatic rings. The minimum Gasteiger partial charge on any atom is -0.368 e. The monoisotopic (exact) mass is 348 g/mol. The van der Waals surface area contributed by atoms with E-state index in [0.717, 1.165) is 18.2 Å². The third-order valence-corrected chi connectivity index (χ3v) is 4.24. The van der Waals surface area contributed by atoms with Crippen molar-refractivity contribution < 1.29 is 27.5 Å². The van der Waals surface area contributed by atoms with Crippen LogP contribution in [0.25, 0.3) is 0 Å². The van der Waals surface area contributed by atoms with Crippen LogP contribution in [0, 0.1) is 0 Å². The predicted molar refractivity (Wildman–Crippen MR) is 75.3 cm³/mol. The zero-order valence-electron chi connectivity index (χ0n) is 11.7. The molecule has 9 heteroatoms. The van der Waals surface area contributed by atoms with Crippen LogP contribution in [0.3, 0.4) is 0 Å². The summed E-state index contributed by atoms with van der Waals surface area (Å²) in [4.78, 5) is 25.3. The van der Waals surface area contributed by atoms with E-state index >= 15 is 0 Å². The Labute approximate surface area is 134 Å². The summed E-state index contributed by atoms with van der Waals surface area (Å²) in [6.07, 6.45) is -4.37. The maximum atomic E-state index is 12.7. The van der Waals surface area contributed by atoms with Crippen LogP contribution in [0.1, 0.15) is 12.0 Å². The second kappa shape index (κ2) is 5.68. The highest BCUT2D eigenvalue weighted by Crippen LogP contribution is 2.34. The van der Waals surface area contributed by atoms with Gasteiger partial charge in [0.1, 0.15) is 12.6 Å². The van der Waals surface area contributed by atoms with Gasteiger partial charge >= 0.3 is 12.2 Å². The van der Waals surface area contributed by atoms with E-state index in [2.05, 4.69) is 5.32 Å². The van der Waals surface area contributed by atoms with Crippen molar-refractivity contribution in [3.8, 4) is 0 Å². The smallest absolute Gasteiger partial charge is 0.368 e. The number of ketones is 1. The molecule has 0 saturated carbocycles. The summed E-state index contributed by atoms with van der Waals surface area (Å²) in [5.41, 5.74) is -1.07. The SMILES string of the molecule is O=C1COC2CCN(C(=O)Nc3cc(C(F)(F)F)ccc3Cl)C12. The fourth-order valence-corrected chi connectivity index (χ4v) is 2.97. The predicted octanol–water partition coefficient (Wildman–Crippen LogP) is 2.93. The largest absolute Gasteiger partial charge is 0.416 e. The number of benzene rings is 1. The molecule has 0 radical (unpaired) electrons. The summed E-state index contributed by atoms with van der Waals surface area (Å²) in [5.74, 6) is -0.210. The van der Waals surface area contributed by atoms with E-state index in [1.165, 1.54) is 4.90 Å². The molecule has 0 bridgehead atoms. The van der Waals surface area contributed by atoms with Crippen molar-refractivity contribution in [3.63, 3.8) is 0 Å². The molecule has 5 nitrogen and oxygen atoms in total. The highest BCUT2D eigenvalue weighted by Gasteiger charge is 2.46. The maximum absolute atomic E-state index is 12.7. The molecule has 2 fully saturated rings. The van der Waals surface area contributed by atoms with Crippen molar-refractivity contribution in [2.45, 2.75) is 24.7 Å². The van der Waals surface area contributed by atoms with Gasteiger partial charge in [-0.1, -0.05) is 11.6 Å². The van der Waals surface area contributed by atoms with Crippen LogP contribution in [0.2, 0.25) is 5.02 Å². The molecular formula is C14H12ClF3N2O3. The van der Waals surface area contributed by atoms with Gasteiger partial charge in [-0.3, -0.25) is 4.79 Å². The number of halogens is 4. The van der Waals surface area contributed by atoms with Crippen LogP contribution in [-0.2, 0) is 15.7 Å². The number of alkyl halides is 3. The average molecular weight is 349 g/mol. The lowest BCUT2D eigenvalue weighted by Crippen LogP contribution is -2.44. The molecule has 0 aromatic heterocycles. The molecule has 2 atom stereocenters. The molecule has 2 unspecified atom stereocenters. The fourth-order valence-electron chi connectivity index (χ4n) is 2.81. The van der Waals surface area contributed by atoms with Crippen molar-refractivity contribution in [1.82, 2.24) is 4.90 Å². The van der Waals surface area contributed by atoms with Crippen molar-refractivity contribution in [2.24, 2.45) is 0 Å². The van der Waals surface area contributed by atoms with Crippen LogP contribution in [0.5, 0.6) is 0 Å². The molecule has 2 amide bonds. The molecule has 1 N–H and O–H groups in total. The third-order valence-electron chi connectivity index (χ3n) is 3.91. The van der Waals surface area contributed by atoms with Crippen molar-refractivity contribution >= 4 is 29.1 Å². The first-order valence-electron chi connectivity index (χ1n) is 6.86. The zero-order valence-corrected chi connectivity index (χ0v) is 12.4. The number of nitrogens with one attached hydrogen (secondary N) is 1. The molecule has 2 heterocycles. The molecule has 1 aromatic carbocycles. The van der Waals surface area contributed by atoms with Crippen LogP contribution in [0.4, 0.5) is 23.7 Å². The van der Waals surface area contributed by atoms with E-state index < -0.39 is 23.8 Å². The lowest BCUT2D eigenvalue weighted by molar-refractivity contribution is -0.137. The number of fused-ring (bicyclic) bond motifs is 1. The standard InChI is InChI=1S/C14H12ClF3N2O3/c15-8-2-1-7(14(16,17)18)5-9(8)19-13(22)20-4-3-11-12(20)10(21)6-23-11/h1-2,5,11-12H,3-4,6H2,(H,19,22). The Morgan fingerprint density at radius 2 is 2.13 bits per heavy atom. The van der Waals surface area contributed by atoms with Gasteiger partial charge in [0.2, 0.25) is 0 Å². The van der Waals surface area contributed by atoms with E-state index in [0.29, 0.717) is 13.0 Å². The van der Waals surface area contributed by atoms with Gasteiger partial charge in [0.25, 0.3) is 0 Å². The number of ether oxygens (including phenoxy) is 1. The first-order chi connectivity index (χ1) is 10.8. The van der Waals surface area contributed by atoms with E-state index in [1.807, 2.05) is 0 Å². The summed E-state index contributed by atoms with van der Waals surface area (Å²) in [6.45, 7) is 0.243. The number of amides is 2. The summed E-state index contributed by atoms with van der Waals surface area (Å²) in [7, 11) is 0. The number of hydrogen-bond acceptors (Lipinski definition) is 3. The summed E-state index contributed by atoms with van der Waals surface area (Å²) >= 11 is 5.84. The topological polar surface area (TPSA) is 58.6 Å². The molecule has 2 saturated heterocycles. The van der Waals surface area contributed by atoms with Gasteiger partial charge in [0.15, 0.2) is 5.78 Å². The molecule has 124 valence electrons. The fraction of sp³-hybridized carbons (Fsp3) is 0.429. The van der Waals surface area contributed by atoms with Gasteiger partial charge in [-0.2, -0.15) is 13.2 Å². The molecule has 23 heavy (non-hydrogen) atoms. The Hall–Kier alpha value is -1.80. The number of likely N-dealkylation sites (tertiary alicyclic amines) is 1. The maximum Gasteiger partial charge on any atom is 0.416 e. The van der Waals surface area contributed by atoms with E-state index in [1.54, 1.807) is 0 Å². The van der Waals surface area contributed by atoms with Crippen molar-refractivity contribution in [1.29, 1.82) is 0 Å². The van der Waals surface area contributed by atoms with E-state index in [4.69, 9.17) is 16.3 Å². The first-order valence-corrected chi connectivity index (χ1v) is 7.24. The Morgan fingerprint density at radius 3 is 2.83 bits per heavy atom. The minimum atomic E-state index is -4.54. The summed E-state index contributed by atoms with van der Waals surface area (Å²) in [5, 5.41) is 2.33. The second-order valence-corrected chi connectivity index (χ2v) is 5.77. The number of Topliss-reactive ketones (excluding diaryl/α,β-unsaturated/α-hetero) is 1. The summed E-state index contributed by atoms with van der Waals surface area (Å²) in [6, 6.07) is 1.31. The number of nitrogens with zero attached hydrogens (tertiary/aromatic N) is 1. The third kappa shape index (κ3) is 3.00. The lowest BCUT2D eigenvalue weighted by Gasteiger charge is -2.22. The number of urea groups is 1. The van der Waals surface area contributed by atoms with Gasteiger partial charge in [0, 0.05) is 6.54 Å². The first kappa shape index (κ1) is 16.1. The van der Waals surface area contributed by atoms with Crippen molar-refractivity contribution in [3.05, 3.63) is 28.8 Å². The lowest BCUT2D eigenvalue weighted by atomic mass is 10.1. The number of anilines is 1. The van der Waals surface area contributed by atoms with Crippen molar-refractivity contribution in [2.75, 3.05) is 18.5 Å². The quantitative estimate of drug-likeness (QED) is 0.849. The van der Waals surface area contributed by atoms with E-state index in [-0.39, 0.29) is 29.2 Å². The van der Waals surface area contributed by atoms with Crippen LogP contribution < -0.4 is 5.32 Å². The van der Waals surface area contributed by atoms with Gasteiger partial charge in [-0.05, 0) is 24.6 Å². The number of carbonyl (C=O) groups is 2. The Balaban J connectivity index is 1.79. The van der Waals surface area contributed by atoms with E-state index in [9.17, 15) is 22.8 Å². The number of hydrogen-bond donors (Lipinski definition) is 1. The van der Waals surface area contributed by atoms with Gasteiger partial charge in [0.05, 0.1) is 22.4 Å². The molecule has 3 rings (SSSR count). The molecular weight excluding hydrogens is 337 g/mol. The molecule has 0 aliphatic carbocycles. The van der Waals surface area contributed by atoms with Crippen LogP contribution >= 0.6 is 11.6 Å². The van der Waals surface area contributed by atoms with Gasteiger partial charge < -0.3 is 15.0 Å². The Morgan fingerprint density at radius 1 is 1.39 bits per heavy atom.